The number of hydrogen-bond acceptors (Lipinski definition) is 2. The lowest BCUT2D eigenvalue weighted by atomic mass is 10.2. The molecule has 0 atom stereocenters. The summed E-state index contributed by atoms with van der Waals surface area (Å²) in [6.45, 7) is 2.98. The van der Waals surface area contributed by atoms with E-state index < -0.39 is 0 Å². The molecule has 0 saturated heterocycles. The van der Waals surface area contributed by atoms with E-state index in [1.807, 2.05) is 0 Å². The number of halogens is 3. The van der Waals surface area contributed by atoms with E-state index in [1.54, 1.807) is 0 Å². The standard InChI is InChI=1S/C9H11BrN2.2ClH/c10-8-3-1-2-7-6-11-4-5-12-9(7)8;;/h1-3,11-12H,4-6H2;2*1H. The van der Waals surface area contributed by atoms with E-state index in [9.17, 15) is 0 Å². The Balaban J connectivity index is 0.000000845. The van der Waals surface area contributed by atoms with E-state index in [2.05, 4.69) is 44.8 Å². The molecule has 0 radical (unpaired) electrons. The molecule has 0 unspecified atom stereocenters. The largest absolute Gasteiger partial charge is 0.383 e. The maximum absolute atomic E-state index is 3.53. The van der Waals surface area contributed by atoms with Crippen molar-refractivity contribution in [1.29, 1.82) is 0 Å². The van der Waals surface area contributed by atoms with Crippen LogP contribution in [0.2, 0.25) is 0 Å². The highest BCUT2D eigenvalue weighted by Gasteiger charge is 2.08. The van der Waals surface area contributed by atoms with Crippen LogP contribution in [0.15, 0.2) is 22.7 Å². The van der Waals surface area contributed by atoms with Crippen LogP contribution >= 0.6 is 40.7 Å². The van der Waals surface area contributed by atoms with Gasteiger partial charge in [0.05, 0.1) is 5.69 Å². The van der Waals surface area contributed by atoms with Crippen molar-refractivity contribution >= 4 is 46.4 Å². The normalized spacial score (nSPS) is 13.8. The Kier molecular flexibility index (Phi) is 6.53. The van der Waals surface area contributed by atoms with Crippen molar-refractivity contribution in [3.63, 3.8) is 0 Å². The third-order valence-corrected chi connectivity index (χ3v) is 2.68. The molecule has 80 valence electrons. The SMILES string of the molecule is Brc1cccc2c1NCCNC2.Cl.Cl. The van der Waals surface area contributed by atoms with Gasteiger partial charge in [0.2, 0.25) is 0 Å². The zero-order valence-corrected chi connectivity index (χ0v) is 10.8. The summed E-state index contributed by atoms with van der Waals surface area (Å²) in [4.78, 5) is 0. The van der Waals surface area contributed by atoms with E-state index in [1.165, 1.54) is 11.3 Å². The highest BCUT2D eigenvalue weighted by molar-refractivity contribution is 9.10. The van der Waals surface area contributed by atoms with Crippen LogP contribution in [0.1, 0.15) is 5.56 Å². The number of rotatable bonds is 0. The van der Waals surface area contributed by atoms with Crippen LogP contribution < -0.4 is 10.6 Å². The lowest BCUT2D eigenvalue weighted by Gasteiger charge is -2.08. The van der Waals surface area contributed by atoms with Gasteiger partial charge in [0.15, 0.2) is 0 Å². The molecule has 0 bridgehead atoms. The predicted molar refractivity (Wildman–Crippen MR) is 68.8 cm³/mol. The summed E-state index contributed by atoms with van der Waals surface area (Å²) in [5.41, 5.74) is 2.57. The average Bonchev–Trinajstić information content (AvgIpc) is 2.30. The number of fused-ring (bicyclic) bond motifs is 1. The Hall–Kier alpha value is 0.0400. The van der Waals surface area contributed by atoms with Gasteiger partial charge in [-0.15, -0.1) is 24.8 Å². The van der Waals surface area contributed by atoms with Gasteiger partial charge in [-0.1, -0.05) is 12.1 Å². The van der Waals surface area contributed by atoms with E-state index >= 15 is 0 Å². The van der Waals surface area contributed by atoms with E-state index in [0.717, 1.165) is 24.1 Å². The molecule has 5 heteroatoms. The first kappa shape index (κ1) is 14.0. The van der Waals surface area contributed by atoms with Crippen LogP contribution in [-0.2, 0) is 6.54 Å². The van der Waals surface area contributed by atoms with Gasteiger partial charge in [-0.25, -0.2) is 0 Å². The van der Waals surface area contributed by atoms with E-state index in [-0.39, 0.29) is 24.8 Å². The molecular weight excluding hydrogens is 287 g/mol. The quantitative estimate of drug-likeness (QED) is 0.770. The summed E-state index contributed by atoms with van der Waals surface area (Å²) in [6, 6.07) is 6.28. The van der Waals surface area contributed by atoms with Gasteiger partial charge in [-0.3, -0.25) is 0 Å². The molecule has 0 aliphatic carbocycles. The first-order chi connectivity index (χ1) is 5.88. The summed E-state index contributed by atoms with van der Waals surface area (Å²) in [7, 11) is 0. The number of anilines is 1. The zero-order chi connectivity index (χ0) is 8.39. The van der Waals surface area contributed by atoms with Crippen LogP contribution in [0.3, 0.4) is 0 Å². The van der Waals surface area contributed by atoms with Crippen LogP contribution in [0, 0.1) is 0 Å². The summed E-state index contributed by atoms with van der Waals surface area (Å²) < 4.78 is 1.16. The summed E-state index contributed by atoms with van der Waals surface area (Å²) >= 11 is 3.53. The number of benzene rings is 1. The topological polar surface area (TPSA) is 24.1 Å². The Morgan fingerprint density at radius 1 is 1.14 bits per heavy atom. The Bertz CT molecular complexity index is 294. The number of hydrogen-bond donors (Lipinski definition) is 2. The maximum atomic E-state index is 3.53. The summed E-state index contributed by atoms with van der Waals surface area (Å²) in [6.07, 6.45) is 0. The minimum Gasteiger partial charge on any atom is -0.383 e. The van der Waals surface area contributed by atoms with Crippen molar-refractivity contribution in [3.05, 3.63) is 28.2 Å². The van der Waals surface area contributed by atoms with Gasteiger partial charge < -0.3 is 10.6 Å². The number of para-hydroxylation sites is 1. The van der Waals surface area contributed by atoms with Gasteiger partial charge in [-0.2, -0.15) is 0 Å². The van der Waals surface area contributed by atoms with Crippen molar-refractivity contribution in [3.8, 4) is 0 Å². The van der Waals surface area contributed by atoms with Crippen LogP contribution in [0.4, 0.5) is 5.69 Å². The molecule has 1 heterocycles. The molecular formula is C9H13BrCl2N2. The second-order valence-electron chi connectivity index (χ2n) is 2.88. The second-order valence-corrected chi connectivity index (χ2v) is 3.73. The molecule has 0 aromatic heterocycles. The molecule has 0 saturated carbocycles. The Labute approximate surface area is 105 Å². The lowest BCUT2D eigenvalue weighted by Crippen LogP contribution is -2.16. The summed E-state index contributed by atoms with van der Waals surface area (Å²) in [5.74, 6) is 0. The molecule has 0 fully saturated rings. The van der Waals surface area contributed by atoms with Crippen LogP contribution in [-0.4, -0.2) is 13.1 Å². The molecule has 2 N–H and O–H groups in total. The lowest BCUT2D eigenvalue weighted by molar-refractivity contribution is 0.725. The molecule has 1 aliphatic rings. The van der Waals surface area contributed by atoms with Crippen molar-refractivity contribution in [2.45, 2.75) is 6.54 Å². The van der Waals surface area contributed by atoms with Crippen molar-refractivity contribution in [2.24, 2.45) is 0 Å². The molecule has 2 rings (SSSR count). The second kappa shape index (κ2) is 6.51. The minimum absolute atomic E-state index is 0. The third kappa shape index (κ3) is 3.02. The molecule has 2 nitrogen and oxygen atoms in total. The predicted octanol–water partition coefficient (Wildman–Crippen LogP) is 2.81. The monoisotopic (exact) mass is 298 g/mol. The van der Waals surface area contributed by atoms with Crippen molar-refractivity contribution in [1.82, 2.24) is 5.32 Å². The van der Waals surface area contributed by atoms with Crippen LogP contribution in [0.25, 0.3) is 0 Å². The van der Waals surface area contributed by atoms with Crippen LogP contribution in [0.5, 0.6) is 0 Å². The van der Waals surface area contributed by atoms with Gasteiger partial charge in [0.25, 0.3) is 0 Å². The van der Waals surface area contributed by atoms with E-state index in [0.29, 0.717) is 0 Å². The van der Waals surface area contributed by atoms with Crippen molar-refractivity contribution in [2.75, 3.05) is 18.4 Å². The first-order valence-corrected chi connectivity index (χ1v) is 4.89. The minimum atomic E-state index is 0. The smallest absolute Gasteiger partial charge is 0.0530 e. The Morgan fingerprint density at radius 2 is 1.93 bits per heavy atom. The highest BCUT2D eigenvalue weighted by Crippen LogP contribution is 2.26. The molecule has 1 aromatic rings. The molecule has 0 spiro atoms. The summed E-state index contributed by atoms with van der Waals surface area (Å²) in [5, 5.41) is 6.73. The fourth-order valence-electron chi connectivity index (χ4n) is 1.41. The number of nitrogens with one attached hydrogen (secondary N) is 2. The zero-order valence-electron chi connectivity index (χ0n) is 7.55. The Morgan fingerprint density at radius 3 is 2.71 bits per heavy atom. The fourth-order valence-corrected chi connectivity index (χ4v) is 1.96. The van der Waals surface area contributed by atoms with Gasteiger partial charge >= 0.3 is 0 Å². The van der Waals surface area contributed by atoms with Gasteiger partial charge in [0, 0.05) is 24.1 Å². The maximum Gasteiger partial charge on any atom is 0.0530 e. The first-order valence-electron chi connectivity index (χ1n) is 4.10. The van der Waals surface area contributed by atoms with Gasteiger partial charge in [0.1, 0.15) is 0 Å². The average molecular weight is 300 g/mol. The van der Waals surface area contributed by atoms with E-state index in [4.69, 9.17) is 0 Å². The molecule has 1 aliphatic heterocycles. The molecule has 1 aromatic carbocycles. The van der Waals surface area contributed by atoms with Gasteiger partial charge in [-0.05, 0) is 27.6 Å². The molecule has 0 amide bonds. The molecule has 14 heavy (non-hydrogen) atoms. The third-order valence-electron chi connectivity index (χ3n) is 2.02. The fraction of sp³-hybridized carbons (Fsp3) is 0.333. The highest BCUT2D eigenvalue weighted by atomic mass is 79.9. The van der Waals surface area contributed by atoms with Crippen molar-refractivity contribution < 1.29 is 0 Å².